The van der Waals surface area contributed by atoms with Gasteiger partial charge in [-0.3, -0.25) is 0 Å². The minimum absolute atomic E-state index is 0.134. The van der Waals surface area contributed by atoms with Crippen LogP contribution < -0.4 is 4.72 Å². The molecule has 2 heterocycles. The summed E-state index contributed by atoms with van der Waals surface area (Å²) in [5, 5.41) is 10.3. The molecule has 0 fully saturated rings. The largest absolute Gasteiger partial charge is 0.477 e. The highest BCUT2D eigenvalue weighted by Gasteiger charge is 2.23. The van der Waals surface area contributed by atoms with E-state index in [0.29, 0.717) is 5.76 Å². The molecule has 0 atom stereocenters. The van der Waals surface area contributed by atoms with E-state index in [0.717, 1.165) is 11.3 Å². The Morgan fingerprint density at radius 2 is 2.32 bits per heavy atom. The van der Waals surface area contributed by atoms with Crippen LogP contribution in [-0.2, 0) is 16.6 Å². The molecular weight excluding hydrogens is 292 g/mol. The molecule has 102 valence electrons. The van der Waals surface area contributed by atoms with Crippen LogP contribution in [0.3, 0.4) is 0 Å². The van der Waals surface area contributed by atoms with E-state index in [1.54, 1.807) is 6.92 Å². The quantitative estimate of drug-likeness (QED) is 0.859. The van der Waals surface area contributed by atoms with E-state index in [4.69, 9.17) is 9.52 Å². The summed E-state index contributed by atoms with van der Waals surface area (Å²) in [4.78, 5) is 14.3. The zero-order valence-electron chi connectivity index (χ0n) is 9.78. The normalized spacial score (nSPS) is 11.6. The summed E-state index contributed by atoms with van der Waals surface area (Å²) in [5.41, 5.74) is 0. The zero-order chi connectivity index (χ0) is 14.0. The topological polar surface area (TPSA) is 110 Å². The SMILES string of the molecule is Cc1cnc(CNS(=O)(=O)c2ccsc2C(=O)O)o1. The van der Waals surface area contributed by atoms with Crippen LogP contribution in [0.15, 0.2) is 27.0 Å². The maximum absolute atomic E-state index is 12.0. The molecule has 0 saturated heterocycles. The van der Waals surface area contributed by atoms with Crippen LogP contribution in [0, 0.1) is 6.92 Å². The summed E-state index contributed by atoms with van der Waals surface area (Å²) in [6, 6.07) is 1.25. The van der Waals surface area contributed by atoms with Crippen LogP contribution in [0.25, 0.3) is 0 Å². The number of thiophene rings is 1. The Balaban J connectivity index is 2.18. The number of carboxylic acid groups (broad SMARTS) is 1. The Morgan fingerprint density at radius 1 is 1.58 bits per heavy atom. The van der Waals surface area contributed by atoms with Crippen molar-refractivity contribution in [1.82, 2.24) is 9.71 Å². The fraction of sp³-hybridized carbons (Fsp3) is 0.200. The number of nitrogens with one attached hydrogen (secondary N) is 1. The van der Waals surface area contributed by atoms with Gasteiger partial charge in [0.15, 0.2) is 0 Å². The van der Waals surface area contributed by atoms with Crippen molar-refractivity contribution in [2.45, 2.75) is 18.4 Å². The monoisotopic (exact) mass is 302 g/mol. The van der Waals surface area contributed by atoms with Gasteiger partial charge in [0, 0.05) is 0 Å². The second kappa shape index (κ2) is 5.11. The van der Waals surface area contributed by atoms with Crippen LogP contribution in [0.4, 0.5) is 0 Å². The maximum Gasteiger partial charge on any atom is 0.347 e. The molecule has 0 saturated carbocycles. The number of nitrogens with zero attached hydrogens (tertiary/aromatic N) is 1. The molecule has 0 spiro atoms. The smallest absolute Gasteiger partial charge is 0.347 e. The highest BCUT2D eigenvalue weighted by Crippen LogP contribution is 2.21. The molecule has 2 aromatic rings. The molecular formula is C10H10N2O5S2. The van der Waals surface area contributed by atoms with Gasteiger partial charge < -0.3 is 9.52 Å². The van der Waals surface area contributed by atoms with Crippen molar-refractivity contribution in [3.8, 4) is 0 Å². The predicted molar refractivity (Wildman–Crippen MR) is 66.5 cm³/mol. The molecule has 2 aromatic heterocycles. The highest BCUT2D eigenvalue weighted by molar-refractivity contribution is 7.89. The fourth-order valence-electron chi connectivity index (χ4n) is 1.38. The summed E-state index contributed by atoms with van der Waals surface area (Å²) in [7, 11) is -3.90. The molecule has 0 bridgehead atoms. The molecule has 0 aliphatic heterocycles. The van der Waals surface area contributed by atoms with Gasteiger partial charge in [-0.1, -0.05) is 0 Å². The van der Waals surface area contributed by atoms with Gasteiger partial charge in [-0.05, 0) is 18.4 Å². The minimum Gasteiger partial charge on any atom is -0.477 e. The third kappa shape index (κ3) is 3.00. The lowest BCUT2D eigenvalue weighted by Crippen LogP contribution is -2.24. The number of carboxylic acids is 1. The Kier molecular flexibility index (Phi) is 3.69. The second-order valence-electron chi connectivity index (χ2n) is 3.61. The Morgan fingerprint density at radius 3 is 2.89 bits per heavy atom. The van der Waals surface area contributed by atoms with Crippen molar-refractivity contribution < 1.29 is 22.7 Å². The number of rotatable bonds is 5. The molecule has 0 aliphatic rings. The Hall–Kier alpha value is -1.71. The standard InChI is InChI=1S/C10H10N2O5S2/c1-6-4-11-8(17-6)5-12-19(15,16)7-2-3-18-9(7)10(13)14/h2-4,12H,5H2,1H3,(H,13,14). The molecule has 0 unspecified atom stereocenters. The number of aromatic carboxylic acids is 1. The number of hydrogen-bond acceptors (Lipinski definition) is 6. The van der Waals surface area contributed by atoms with Gasteiger partial charge in [0.25, 0.3) is 0 Å². The Labute approximate surface area is 113 Å². The highest BCUT2D eigenvalue weighted by atomic mass is 32.2. The molecule has 2 rings (SSSR count). The number of oxazole rings is 1. The van der Waals surface area contributed by atoms with Gasteiger partial charge >= 0.3 is 5.97 Å². The van der Waals surface area contributed by atoms with Gasteiger partial charge in [-0.25, -0.2) is 22.9 Å². The third-order valence-electron chi connectivity index (χ3n) is 2.20. The molecule has 0 radical (unpaired) electrons. The van der Waals surface area contributed by atoms with Crippen LogP contribution >= 0.6 is 11.3 Å². The van der Waals surface area contributed by atoms with Crippen molar-refractivity contribution in [3.63, 3.8) is 0 Å². The van der Waals surface area contributed by atoms with Crippen molar-refractivity contribution in [2.75, 3.05) is 0 Å². The van der Waals surface area contributed by atoms with Crippen molar-refractivity contribution >= 4 is 27.3 Å². The number of sulfonamides is 1. The number of hydrogen-bond donors (Lipinski definition) is 2. The van der Waals surface area contributed by atoms with Crippen LogP contribution in [-0.4, -0.2) is 24.5 Å². The van der Waals surface area contributed by atoms with E-state index in [1.165, 1.54) is 17.6 Å². The van der Waals surface area contributed by atoms with Gasteiger partial charge in [0.2, 0.25) is 15.9 Å². The second-order valence-corrected chi connectivity index (χ2v) is 6.26. The lowest BCUT2D eigenvalue weighted by atomic mass is 10.5. The molecule has 2 N–H and O–H groups in total. The van der Waals surface area contributed by atoms with E-state index < -0.39 is 16.0 Å². The van der Waals surface area contributed by atoms with Crippen LogP contribution in [0.1, 0.15) is 21.3 Å². The molecule has 0 aromatic carbocycles. The van der Waals surface area contributed by atoms with Crippen molar-refractivity contribution in [1.29, 1.82) is 0 Å². The lowest BCUT2D eigenvalue weighted by Gasteiger charge is -2.03. The van der Waals surface area contributed by atoms with Crippen LogP contribution in [0.2, 0.25) is 0 Å². The molecule has 0 amide bonds. The number of aromatic nitrogens is 1. The van der Waals surface area contributed by atoms with Crippen LogP contribution in [0.5, 0.6) is 0 Å². The summed E-state index contributed by atoms with van der Waals surface area (Å²) >= 11 is 0.853. The van der Waals surface area contributed by atoms with E-state index in [-0.39, 0.29) is 22.2 Å². The number of carbonyl (C=O) groups is 1. The fourth-order valence-corrected chi connectivity index (χ4v) is 3.62. The zero-order valence-corrected chi connectivity index (χ0v) is 11.4. The van der Waals surface area contributed by atoms with E-state index in [2.05, 4.69) is 9.71 Å². The van der Waals surface area contributed by atoms with E-state index in [1.807, 2.05) is 0 Å². The lowest BCUT2D eigenvalue weighted by molar-refractivity contribution is 0.0698. The summed E-state index contributed by atoms with van der Waals surface area (Å²) < 4.78 is 31.3. The van der Waals surface area contributed by atoms with Gasteiger partial charge in [-0.2, -0.15) is 0 Å². The van der Waals surface area contributed by atoms with Crippen molar-refractivity contribution in [3.05, 3.63) is 34.2 Å². The predicted octanol–water partition coefficient (Wildman–Crippen LogP) is 1.22. The van der Waals surface area contributed by atoms with Gasteiger partial charge in [-0.15, -0.1) is 11.3 Å². The molecule has 19 heavy (non-hydrogen) atoms. The van der Waals surface area contributed by atoms with E-state index in [9.17, 15) is 13.2 Å². The first-order valence-electron chi connectivity index (χ1n) is 5.12. The molecule has 7 nitrogen and oxygen atoms in total. The van der Waals surface area contributed by atoms with E-state index >= 15 is 0 Å². The minimum atomic E-state index is -3.90. The third-order valence-corrected chi connectivity index (χ3v) is 4.67. The van der Waals surface area contributed by atoms with Gasteiger partial charge in [0.1, 0.15) is 15.5 Å². The van der Waals surface area contributed by atoms with Gasteiger partial charge in [0.05, 0.1) is 12.7 Å². The molecule has 0 aliphatic carbocycles. The Bertz CT molecular complexity index is 701. The maximum atomic E-state index is 12.0. The average Bonchev–Trinajstić information content (AvgIpc) is 2.94. The summed E-state index contributed by atoms with van der Waals surface area (Å²) in [5.74, 6) is -0.494. The number of aryl methyl sites for hydroxylation is 1. The molecule has 9 heteroatoms. The summed E-state index contributed by atoms with van der Waals surface area (Å²) in [6.45, 7) is 1.55. The first-order valence-corrected chi connectivity index (χ1v) is 7.48. The van der Waals surface area contributed by atoms with Crippen molar-refractivity contribution in [2.24, 2.45) is 0 Å². The summed E-state index contributed by atoms with van der Waals surface area (Å²) in [6.07, 6.45) is 1.47. The first-order chi connectivity index (χ1) is 8.90. The first kappa shape index (κ1) is 13.7. The average molecular weight is 302 g/mol.